The normalized spacial score (nSPS) is 10.7. The summed E-state index contributed by atoms with van der Waals surface area (Å²) in [7, 11) is -4.05. The lowest BCUT2D eigenvalue weighted by molar-refractivity contribution is 0.482. The SMILES string of the molecule is Cc1ccc(S(=O)(=O)O)c(C)c1.[MgH2]. The van der Waals surface area contributed by atoms with Gasteiger partial charge in [0.25, 0.3) is 10.1 Å². The van der Waals surface area contributed by atoms with Crippen LogP contribution in [0.15, 0.2) is 23.1 Å². The molecule has 1 aromatic carbocycles. The molecular weight excluding hydrogens is 200 g/mol. The first-order valence-electron chi connectivity index (χ1n) is 3.46. The van der Waals surface area contributed by atoms with Crippen LogP contribution in [0.1, 0.15) is 11.1 Å². The summed E-state index contributed by atoms with van der Waals surface area (Å²) in [6.07, 6.45) is 0. The minimum atomic E-state index is -4.05. The molecule has 0 bridgehead atoms. The summed E-state index contributed by atoms with van der Waals surface area (Å²) < 4.78 is 30.2. The summed E-state index contributed by atoms with van der Waals surface area (Å²) in [6.45, 7) is 3.51. The van der Waals surface area contributed by atoms with E-state index in [1.165, 1.54) is 6.07 Å². The lowest BCUT2D eigenvalue weighted by atomic mass is 10.2. The van der Waals surface area contributed by atoms with Crippen LogP contribution in [0, 0.1) is 13.8 Å². The molecule has 0 unspecified atom stereocenters. The Morgan fingerprint density at radius 2 is 1.77 bits per heavy atom. The molecule has 0 saturated heterocycles. The lowest BCUT2D eigenvalue weighted by Gasteiger charge is -2.02. The van der Waals surface area contributed by atoms with Crippen LogP contribution in [0.2, 0.25) is 0 Å². The molecule has 70 valence electrons. The Bertz CT molecular complexity index is 398. The highest BCUT2D eigenvalue weighted by atomic mass is 32.2. The Kier molecular flexibility index (Phi) is 4.37. The van der Waals surface area contributed by atoms with Gasteiger partial charge in [0, 0.05) is 0 Å². The third-order valence-electron chi connectivity index (χ3n) is 1.61. The van der Waals surface area contributed by atoms with Crippen LogP contribution in [0.3, 0.4) is 0 Å². The second kappa shape index (κ2) is 4.41. The molecule has 0 heterocycles. The standard InChI is InChI=1S/C8H10O3S.Mg.2H/c1-6-3-4-8(7(2)5-6)12(9,10)11;;;/h3-5H,1-2H3,(H,9,10,11);;;. The van der Waals surface area contributed by atoms with Gasteiger partial charge in [0.05, 0.1) is 4.90 Å². The Hall–Kier alpha value is -0.104. The third kappa shape index (κ3) is 3.26. The summed E-state index contributed by atoms with van der Waals surface area (Å²) in [6, 6.07) is 4.76. The summed E-state index contributed by atoms with van der Waals surface area (Å²) >= 11 is 0. The number of benzene rings is 1. The first kappa shape index (κ1) is 12.9. The summed E-state index contributed by atoms with van der Waals surface area (Å²) in [5.74, 6) is 0. The van der Waals surface area contributed by atoms with Crippen molar-refractivity contribution in [2.75, 3.05) is 0 Å². The van der Waals surface area contributed by atoms with E-state index >= 15 is 0 Å². The molecule has 0 aliphatic rings. The first-order valence-corrected chi connectivity index (χ1v) is 4.90. The molecule has 0 aliphatic carbocycles. The Morgan fingerprint density at radius 3 is 2.15 bits per heavy atom. The zero-order valence-corrected chi connectivity index (χ0v) is 7.72. The van der Waals surface area contributed by atoms with Crippen molar-refractivity contribution in [1.82, 2.24) is 0 Å². The fraction of sp³-hybridized carbons (Fsp3) is 0.250. The van der Waals surface area contributed by atoms with Crippen LogP contribution in [0.5, 0.6) is 0 Å². The van der Waals surface area contributed by atoms with E-state index in [0.29, 0.717) is 5.56 Å². The van der Waals surface area contributed by atoms with Gasteiger partial charge in [-0.3, -0.25) is 4.55 Å². The van der Waals surface area contributed by atoms with Crippen LogP contribution in [-0.4, -0.2) is 36.0 Å². The molecule has 13 heavy (non-hydrogen) atoms. The number of rotatable bonds is 1. The summed E-state index contributed by atoms with van der Waals surface area (Å²) in [5, 5.41) is 0. The van der Waals surface area contributed by atoms with Gasteiger partial charge in [0.1, 0.15) is 0 Å². The van der Waals surface area contributed by atoms with Crippen molar-refractivity contribution in [2.45, 2.75) is 18.7 Å². The molecule has 0 saturated carbocycles. The minimum Gasteiger partial charge on any atom is -0.282 e. The highest BCUT2D eigenvalue weighted by Crippen LogP contribution is 2.15. The molecule has 5 heteroatoms. The van der Waals surface area contributed by atoms with Crippen molar-refractivity contribution < 1.29 is 13.0 Å². The van der Waals surface area contributed by atoms with E-state index in [0.717, 1.165) is 5.56 Å². The van der Waals surface area contributed by atoms with Crippen LogP contribution < -0.4 is 0 Å². The van der Waals surface area contributed by atoms with Crippen LogP contribution in [0.4, 0.5) is 0 Å². The van der Waals surface area contributed by atoms with Gasteiger partial charge in [-0.2, -0.15) is 8.42 Å². The maximum absolute atomic E-state index is 10.7. The van der Waals surface area contributed by atoms with Gasteiger partial charge in [-0.1, -0.05) is 17.7 Å². The molecule has 0 atom stereocenters. The Labute approximate surface area is 94.1 Å². The smallest absolute Gasteiger partial charge is 0.282 e. The zero-order valence-electron chi connectivity index (χ0n) is 6.90. The number of hydrogen-bond acceptors (Lipinski definition) is 2. The van der Waals surface area contributed by atoms with Gasteiger partial charge >= 0.3 is 23.1 Å². The molecule has 1 N–H and O–H groups in total. The van der Waals surface area contributed by atoms with Gasteiger partial charge in [0.2, 0.25) is 0 Å². The van der Waals surface area contributed by atoms with E-state index in [1.807, 2.05) is 6.92 Å². The van der Waals surface area contributed by atoms with Crippen molar-refractivity contribution in [3.63, 3.8) is 0 Å². The summed E-state index contributed by atoms with van der Waals surface area (Å²) in [4.78, 5) is -0.0203. The van der Waals surface area contributed by atoms with Crippen molar-refractivity contribution in [1.29, 1.82) is 0 Å². The van der Waals surface area contributed by atoms with Gasteiger partial charge < -0.3 is 0 Å². The largest absolute Gasteiger partial charge is 0.316 e. The fourth-order valence-electron chi connectivity index (χ4n) is 1.09. The van der Waals surface area contributed by atoms with Gasteiger partial charge in [0.15, 0.2) is 0 Å². The average Bonchev–Trinajstić information content (AvgIpc) is 1.83. The second-order valence-corrected chi connectivity index (χ2v) is 4.13. The van der Waals surface area contributed by atoms with E-state index in [9.17, 15) is 8.42 Å². The predicted molar refractivity (Wildman–Crippen MR) is 54.3 cm³/mol. The molecule has 0 fully saturated rings. The van der Waals surface area contributed by atoms with Crippen molar-refractivity contribution >= 4 is 33.2 Å². The molecule has 0 radical (unpaired) electrons. The second-order valence-electron chi connectivity index (χ2n) is 2.74. The van der Waals surface area contributed by atoms with E-state index in [1.54, 1.807) is 19.1 Å². The predicted octanol–water partition coefficient (Wildman–Crippen LogP) is 0.634. The van der Waals surface area contributed by atoms with E-state index in [-0.39, 0.29) is 27.9 Å². The molecule has 3 nitrogen and oxygen atoms in total. The minimum absolute atomic E-state index is 0. The quantitative estimate of drug-likeness (QED) is 0.549. The van der Waals surface area contributed by atoms with Gasteiger partial charge in [-0.05, 0) is 25.5 Å². The summed E-state index contributed by atoms with van der Waals surface area (Å²) in [5.41, 5.74) is 1.54. The van der Waals surface area contributed by atoms with Gasteiger partial charge in [-0.25, -0.2) is 0 Å². The average molecular weight is 213 g/mol. The van der Waals surface area contributed by atoms with E-state index in [4.69, 9.17) is 4.55 Å². The Morgan fingerprint density at radius 1 is 1.23 bits per heavy atom. The molecular formula is C8H12MgO3S. The maximum Gasteiger partial charge on any atom is 0.316 e. The van der Waals surface area contributed by atoms with E-state index < -0.39 is 10.1 Å². The van der Waals surface area contributed by atoms with E-state index in [2.05, 4.69) is 0 Å². The number of hydrogen-bond donors (Lipinski definition) is 1. The number of aryl methyl sites for hydroxylation is 2. The monoisotopic (exact) mass is 212 g/mol. The zero-order chi connectivity index (χ0) is 9.35. The van der Waals surface area contributed by atoms with Crippen molar-refractivity contribution in [3.05, 3.63) is 29.3 Å². The highest BCUT2D eigenvalue weighted by Gasteiger charge is 2.11. The molecule has 1 rings (SSSR count). The van der Waals surface area contributed by atoms with Crippen molar-refractivity contribution in [3.8, 4) is 0 Å². The third-order valence-corrected chi connectivity index (χ3v) is 2.62. The van der Waals surface area contributed by atoms with Crippen LogP contribution >= 0.6 is 0 Å². The molecule has 0 aromatic heterocycles. The first-order chi connectivity index (χ1) is 5.41. The topological polar surface area (TPSA) is 54.4 Å². The van der Waals surface area contributed by atoms with Gasteiger partial charge in [-0.15, -0.1) is 0 Å². The van der Waals surface area contributed by atoms with Crippen molar-refractivity contribution in [2.24, 2.45) is 0 Å². The molecule has 0 amide bonds. The molecule has 0 aliphatic heterocycles. The Balaban J connectivity index is 0.00000144. The van der Waals surface area contributed by atoms with Crippen LogP contribution in [-0.2, 0) is 10.1 Å². The van der Waals surface area contributed by atoms with Crippen LogP contribution in [0.25, 0.3) is 0 Å². The fourth-order valence-corrected chi connectivity index (χ4v) is 1.79. The maximum atomic E-state index is 10.7. The molecule has 0 spiro atoms. The lowest BCUT2D eigenvalue weighted by Crippen LogP contribution is -2.00. The highest BCUT2D eigenvalue weighted by molar-refractivity contribution is 7.85. The molecule has 1 aromatic rings.